The highest BCUT2D eigenvalue weighted by atomic mass is 32.2. The molecule has 6 heteroatoms. The zero-order valence-corrected chi connectivity index (χ0v) is 13.9. The molecule has 22 heavy (non-hydrogen) atoms. The lowest BCUT2D eigenvalue weighted by Gasteiger charge is -2.22. The Bertz CT molecular complexity index is 599. The number of nitrogens with one attached hydrogen (secondary N) is 2. The van der Waals surface area contributed by atoms with Crippen molar-refractivity contribution in [3.8, 4) is 0 Å². The summed E-state index contributed by atoms with van der Waals surface area (Å²) >= 11 is 1.52. The van der Waals surface area contributed by atoms with Crippen molar-refractivity contribution >= 4 is 28.7 Å². The van der Waals surface area contributed by atoms with E-state index >= 15 is 0 Å². The average molecular weight is 319 g/mol. The summed E-state index contributed by atoms with van der Waals surface area (Å²) in [6.07, 6.45) is 0. The molecule has 0 fully saturated rings. The molecule has 1 aliphatic rings. The molecule has 2 amide bonds. The standard InChI is InChI=1S/C16H21N3O2S/c1-10(2)13(15(21)19-16-17-8-9-22-16)18-14(20)12-7-5-4-6-11(12)3/h4-7,10,13H,8-9H2,1-3H3,(H,18,20)(H,17,19,21)/t13-/m1/s1. The Labute approximate surface area is 135 Å². The van der Waals surface area contributed by atoms with Crippen LogP contribution in [-0.2, 0) is 4.79 Å². The summed E-state index contributed by atoms with van der Waals surface area (Å²) < 4.78 is 0. The van der Waals surface area contributed by atoms with Gasteiger partial charge in [0.15, 0.2) is 5.17 Å². The number of aryl methyl sites for hydroxylation is 1. The van der Waals surface area contributed by atoms with Gasteiger partial charge >= 0.3 is 0 Å². The van der Waals surface area contributed by atoms with Gasteiger partial charge in [0.2, 0.25) is 5.91 Å². The molecule has 0 aliphatic carbocycles. The first-order valence-electron chi connectivity index (χ1n) is 7.33. The largest absolute Gasteiger partial charge is 0.340 e. The predicted octanol–water partition coefficient (Wildman–Crippen LogP) is 1.97. The van der Waals surface area contributed by atoms with E-state index in [2.05, 4.69) is 15.6 Å². The third-order valence-electron chi connectivity index (χ3n) is 3.44. The molecule has 1 heterocycles. The number of amidine groups is 1. The molecule has 5 nitrogen and oxygen atoms in total. The van der Waals surface area contributed by atoms with Crippen molar-refractivity contribution in [2.45, 2.75) is 26.8 Å². The van der Waals surface area contributed by atoms with Crippen molar-refractivity contribution in [2.75, 3.05) is 12.3 Å². The highest BCUT2D eigenvalue weighted by Gasteiger charge is 2.26. The van der Waals surface area contributed by atoms with Crippen LogP contribution in [-0.4, -0.2) is 35.3 Å². The van der Waals surface area contributed by atoms with Gasteiger partial charge in [-0.3, -0.25) is 14.6 Å². The first-order chi connectivity index (χ1) is 10.5. The van der Waals surface area contributed by atoms with E-state index in [0.29, 0.717) is 10.7 Å². The molecule has 0 bridgehead atoms. The molecule has 1 aromatic carbocycles. The Hall–Kier alpha value is -1.82. The zero-order chi connectivity index (χ0) is 16.1. The van der Waals surface area contributed by atoms with E-state index in [1.54, 1.807) is 6.07 Å². The van der Waals surface area contributed by atoms with Crippen LogP contribution in [0.2, 0.25) is 0 Å². The van der Waals surface area contributed by atoms with Gasteiger partial charge in [-0.05, 0) is 24.5 Å². The minimum atomic E-state index is -0.587. The topological polar surface area (TPSA) is 70.6 Å². The van der Waals surface area contributed by atoms with Crippen LogP contribution < -0.4 is 10.6 Å². The SMILES string of the molecule is Cc1ccccc1C(=O)N[C@@H](C(=O)NC1=NCCS1)C(C)C. The van der Waals surface area contributed by atoms with Gasteiger partial charge in [-0.25, -0.2) is 0 Å². The summed E-state index contributed by atoms with van der Waals surface area (Å²) in [6, 6.07) is 6.75. The quantitative estimate of drug-likeness (QED) is 0.891. The number of amides is 2. The van der Waals surface area contributed by atoms with Gasteiger partial charge in [-0.15, -0.1) is 0 Å². The van der Waals surface area contributed by atoms with Crippen LogP contribution in [0.4, 0.5) is 0 Å². The molecule has 2 N–H and O–H groups in total. The van der Waals surface area contributed by atoms with Crippen molar-refractivity contribution in [1.29, 1.82) is 0 Å². The summed E-state index contributed by atoms with van der Waals surface area (Å²) in [5.74, 6) is 0.426. The molecular formula is C16H21N3O2S. The van der Waals surface area contributed by atoms with Crippen LogP contribution in [0, 0.1) is 12.8 Å². The summed E-state index contributed by atoms with van der Waals surface area (Å²) in [6.45, 7) is 6.42. The van der Waals surface area contributed by atoms with Crippen LogP contribution in [0.15, 0.2) is 29.3 Å². The summed E-state index contributed by atoms with van der Waals surface area (Å²) in [5.41, 5.74) is 1.48. The van der Waals surface area contributed by atoms with Crippen LogP contribution in [0.25, 0.3) is 0 Å². The fourth-order valence-corrected chi connectivity index (χ4v) is 2.91. The number of carbonyl (C=O) groups is 2. The predicted molar refractivity (Wildman–Crippen MR) is 90.2 cm³/mol. The normalized spacial score (nSPS) is 15.4. The fraction of sp³-hybridized carbons (Fsp3) is 0.438. The first-order valence-corrected chi connectivity index (χ1v) is 8.32. The Kier molecular flexibility index (Phi) is 5.60. The van der Waals surface area contributed by atoms with E-state index in [0.717, 1.165) is 17.9 Å². The van der Waals surface area contributed by atoms with E-state index in [1.165, 1.54) is 11.8 Å². The minimum absolute atomic E-state index is 0.0139. The number of carbonyl (C=O) groups excluding carboxylic acids is 2. The Morgan fingerprint density at radius 3 is 2.59 bits per heavy atom. The summed E-state index contributed by atoms with van der Waals surface area (Å²) in [5, 5.41) is 6.26. The minimum Gasteiger partial charge on any atom is -0.340 e. The molecule has 118 valence electrons. The van der Waals surface area contributed by atoms with E-state index < -0.39 is 6.04 Å². The molecule has 0 radical (unpaired) electrons. The Morgan fingerprint density at radius 1 is 1.27 bits per heavy atom. The molecule has 0 saturated heterocycles. The monoisotopic (exact) mass is 319 g/mol. The number of rotatable bonds is 4. The lowest BCUT2D eigenvalue weighted by Crippen LogP contribution is -2.50. The van der Waals surface area contributed by atoms with Gasteiger partial charge in [-0.2, -0.15) is 0 Å². The summed E-state index contributed by atoms with van der Waals surface area (Å²) in [4.78, 5) is 29.0. The van der Waals surface area contributed by atoms with Crippen molar-refractivity contribution in [1.82, 2.24) is 10.6 Å². The first kappa shape index (κ1) is 16.5. The van der Waals surface area contributed by atoms with Crippen LogP contribution >= 0.6 is 11.8 Å². The maximum Gasteiger partial charge on any atom is 0.252 e. The lowest BCUT2D eigenvalue weighted by atomic mass is 10.0. The smallest absolute Gasteiger partial charge is 0.252 e. The highest BCUT2D eigenvalue weighted by molar-refractivity contribution is 8.14. The van der Waals surface area contributed by atoms with Crippen molar-refractivity contribution < 1.29 is 9.59 Å². The van der Waals surface area contributed by atoms with Crippen LogP contribution in [0.5, 0.6) is 0 Å². The average Bonchev–Trinajstić information content (AvgIpc) is 2.97. The van der Waals surface area contributed by atoms with Crippen LogP contribution in [0.3, 0.4) is 0 Å². The number of thioether (sulfide) groups is 1. The Balaban J connectivity index is 2.06. The number of nitrogens with zero attached hydrogens (tertiary/aromatic N) is 1. The molecular weight excluding hydrogens is 298 g/mol. The van der Waals surface area contributed by atoms with Crippen molar-refractivity contribution in [3.63, 3.8) is 0 Å². The van der Waals surface area contributed by atoms with E-state index in [4.69, 9.17) is 0 Å². The van der Waals surface area contributed by atoms with Crippen molar-refractivity contribution in [2.24, 2.45) is 10.9 Å². The van der Waals surface area contributed by atoms with Crippen LogP contribution in [0.1, 0.15) is 29.8 Å². The molecule has 0 unspecified atom stereocenters. The second kappa shape index (κ2) is 7.45. The second-order valence-electron chi connectivity index (χ2n) is 5.53. The van der Waals surface area contributed by atoms with Gasteiger partial charge < -0.3 is 10.6 Å². The molecule has 2 rings (SSSR count). The van der Waals surface area contributed by atoms with Gasteiger partial charge in [0.05, 0.1) is 6.54 Å². The number of hydrogen-bond donors (Lipinski definition) is 2. The van der Waals surface area contributed by atoms with E-state index in [9.17, 15) is 9.59 Å². The van der Waals surface area contributed by atoms with Crippen molar-refractivity contribution in [3.05, 3.63) is 35.4 Å². The zero-order valence-electron chi connectivity index (χ0n) is 13.1. The third-order valence-corrected chi connectivity index (χ3v) is 4.33. The third kappa shape index (κ3) is 4.10. The number of aliphatic imine (C=N–C) groups is 1. The summed E-state index contributed by atoms with van der Waals surface area (Å²) in [7, 11) is 0. The maximum atomic E-state index is 12.4. The molecule has 1 aromatic rings. The lowest BCUT2D eigenvalue weighted by molar-refractivity contribution is -0.122. The fourth-order valence-electron chi connectivity index (χ4n) is 2.18. The van der Waals surface area contributed by atoms with E-state index in [1.807, 2.05) is 39.0 Å². The van der Waals surface area contributed by atoms with Gasteiger partial charge in [-0.1, -0.05) is 43.8 Å². The second-order valence-corrected chi connectivity index (χ2v) is 6.62. The molecule has 1 aliphatic heterocycles. The molecule has 0 saturated carbocycles. The Morgan fingerprint density at radius 2 is 2.00 bits per heavy atom. The molecule has 0 spiro atoms. The maximum absolute atomic E-state index is 12.4. The highest BCUT2D eigenvalue weighted by Crippen LogP contribution is 2.12. The number of hydrogen-bond acceptors (Lipinski definition) is 4. The van der Waals surface area contributed by atoms with Gasteiger partial charge in [0.25, 0.3) is 5.91 Å². The molecule has 0 aromatic heterocycles. The van der Waals surface area contributed by atoms with E-state index in [-0.39, 0.29) is 17.7 Å². The molecule has 1 atom stereocenters. The number of benzene rings is 1. The van der Waals surface area contributed by atoms with Gasteiger partial charge in [0, 0.05) is 11.3 Å². The van der Waals surface area contributed by atoms with Gasteiger partial charge in [0.1, 0.15) is 6.04 Å².